The first kappa shape index (κ1) is 21.4. The van der Waals surface area contributed by atoms with Crippen LogP contribution in [0.2, 0.25) is 0 Å². The van der Waals surface area contributed by atoms with E-state index in [-0.39, 0.29) is 16.9 Å². The number of hydrogen-bond acceptors (Lipinski definition) is 4. The van der Waals surface area contributed by atoms with Crippen LogP contribution < -0.4 is 10.1 Å². The summed E-state index contributed by atoms with van der Waals surface area (Å²) in [7, 11) is 0. The molecule has 0 aromatic heterocycles. The van der Waals surface area contributed by atoms with Crippen LogP contribution >= 0.6 is 0 Å². The average molecular weight is 430 g/mol. The van der Waals surface area contributed by atoms with Gasteiger partial charge in [-0.2, -0.15) is 0 Å². The molecule has 0 bridgehead atoms. The molecule has 4 nitrogen and oxygen atoms in total. The van der Waals surface area contributed by atoms with Crippen LogP contribution in [-0.4, -0.2) is 17.9 Å². The first-order chi connectivity index (χ1) is 14.4. The number of benzene rings is 2. The molecule has 2 aromatic carbocycles. The Morgan fingerprint density at radius 1 is 1.06 bits per heavy atom. The van der Waals surface area contributed by atoms with E-state index >= 15 is 0 Å². The molecule has 0 radical (unpaired) electrons. The smallest absolute Gasteiger partial charge is 0.406 e. The Morgan fingerprint density at radius 3 is 2.35 bits per heavy atom. The van der Waals surface area contributed by atoms with E-state index in [9.17, 15) is 18.0 Å². The van der Waals surface area contributed by atoms with Crippen molar-refractivity contribution < 1.29 is 22.7 Å². The maximum absolute atomic E-state index is 13.2. The van der Waals surface area contributed by atoms with Crippen LogP contribution in [0.25, 0.3) is 0 Å². The largest absolute Gasteiger partial charge is 0.573 e. The zero-order valence-corrected chi connectivity index (χ0v) is 17.9. The molecule has 1 heterocycles. The van der Waals surface area contributed by atoms with E-state index in [0.29, 0.717) is 18.4 Å². The van der Waals surface area contributed by atoms with Crippen LogP contribution in [0.15, 0.2) is 41.4 Å². The van der Waals surface area contributed by atoms with Crippen molar-refractivity contribution in [1.29, 1.82) is 0 Å². The molecule has 0 saturated heterocycles. The third kappa shape index (κ3) is 4.45. The lowest BCUT2D eigenvalue weighted by molar-refractivity contribution is -0.274. The lowest BCUT2D eigenvalue weighted by Gasteiger charge is -2.37. The number of aryl methyl sites for hydroxylation is 2. The number of ether oxygens (including phenoxy) is 1. The van der Waals surface area contributed by atoms with E-state index < -0.39 is 18.3 Å². The summed E-state index contributed by atoms with van der Waals surface area (Å²) < 4.78 is 41.6. The Kier molecular flexibility index (Phi) is 5.10. The number of carbonyl (C=O) groups excluding carboxylic acids is 1. The molecule has 2 atom stereocenters. The monoisotopic (exact) mass is 430 g/mol. The van der Waals surface area contributed by atoms with E-state index in [1.165, 1.54) is 12.1 Å². The van der Waals surface area contributed by atoms with Crippen molar-refractivity contribution in [3.63, 3.8) is 0 Å². The number of nitrogens with one attached hydrogen (secondary N) is 1. The van der Waals surface area contributed by atoms with Crippen LogP contribution in [0, 0.1) is 25.2 Å². The van der Waals surface area contributed by atoms with Gasteiger partial charge in [-0.3, -0.25) is 9.79 Å². The van der Waals surface area contributed by atoms with E-state index in [2.05, 4.69) is 23.9 Å². The summed E-state index contributed by atoms with van der Waals surface area (Å²) in [6, 6.07) is 9.32. The molecule has 1 aliphatic carbocycles. The number of rotatable bonds is 2. The molecule has 1 N–H and O–H groups in total. The molecule has 1 saturated carbocycles. The minimum Gasteiger partial charge on any atom is -0.406 e. The van der Waals surface area contributed by atoms with Crippen molar-refractivity contribution in [1.82, 2.24) is 0 Å². The van der Waals surface area contributed by atoms with Gasteiger partial charge in [-0.25, -0.2) is 0 Å². The molecule has 31 heavy (non-hydrogen) atoms. The minimum absolute atomic E-state index is 0.0874. The number of alkyl halides is 3. The number of fused-ring (bicyclic) bond motifs is 2. The van der Waals surface area contributed by atoms with Gasteiger partial charge in [-0.15, -0.1) is 13.2 Å². The fourth-order valence-electron chi connectivity index (χ4n) is 4.48. The number of halogens is 3. The highest BCUT2D eigenvalue weighted by atomic mass is 19.4. The number of ketones is 1. The molecular formula is C24H25F3N2O2. The maximum atomic E-state index is 13.2. The van der Waals surface area contributed by atoms with Crippen LogP contribution in [0.4, 0.5) is 24.5 Å². The standard InChI is InChI=1S/C24H25F3N2O2/c1-13-9-17-18(10-14(13)2)29-22(15-5-7-16(8-6-15)31-24(25,26)27)21-19(28-17)11-23(3,4)12-20(21)30/h5-10,21-22,29H,11-12H2,1-4H3. The number of carbonyl (C=O) groups is 1. The summed E-state index contributed by atoms with van der Waals surface area (Å²) in [6.45, 7) is 8.14. The molecule has 4 rings (SSSR count). The Morgan fingerprint density at radius 2 is 1.71 bits per heavy atom. The average Bonchev–Trinajstić information content (AvgIpc) is 2.77. The van der Waals surface area contributed by atoms with Crippen LogP contribution in [0.3, 0.4) is 0 Å². The predicted molar refractivity (Wildman–Crippen MR) is 114 cm³/mol. The van der Waals surface area contributed by atoms with Gasteiger partial charge in [0.05, 0.1) is 23.3 Å². The highest BCUT2D eigenvalue weighted by Crippen LogP contribution is 2.45. The van der Waals surface area contributed by atoms with E-state index in [1.807, 2.05) is 26.0 Å². The van der Waals surface area contributed by atoms with Gasteiger partial charge in [-0.1, -0.05) is 26.0 Å². The first-order valence-corrected chi connectivity index (χ1v) is 10.3. The molecule has 1 aliphatic heterocycles. The molecule has 0 amide bonds. The third-order valence-corrected chi connectivity index (χ3v) is 6.01. The van der Waals surface area contributed by atoms with Gasteiger partial charge >= 0.3 is 6.36 Å². The van der Waals surface area contributed by atoms with Crippen molar-refractivity contribution in [2.45, 2.75) is 52.9 Å². The van der Waals surface area contributed by atoms with E-state index in [1.54, 1.807) is 12.1 Å². The van der Waals surface area contributed by atoms with Gasteiger partial charge in [0.2, 0.25) is 0 Å². The van der Waals surface area contributed by atoms with Crippen LogP contribution in [0.5, 0.6) is 5.75 Å². The van der Waals surface area contributed by atoms with Gasteiger partial charge in [0.15, 0.2) is 0 Å². The van der Waals surface area contributed by atoms with Crippen molar-refractivity contribution in [3.05, 3.63) is 53.1 Å². The number of nitrogens with zero attached hydrogens (tertiary/aromatic N) is 1. The first-order valence-electron chi connectivity index (χ1n) is 10.3. The van der Waals surface area contributed by atoms with Crippen LogP contribution in [-0.2, 0) is 4.79 Å². The maximum Gasteiger partial charge on any atom is 0.573 e. The summed E-state index contributed by atoms with van der Waals surface area (Å²) >= 11 is 0. The summed E-state index contributed by atoms with van der Waals surface area (Å²) in [5, 5.41) is 3.47. The molecule has 2 aromatic rings. The Bertz CT molecular complexity index is 1060. The molecule has 2 unspecified atom stereocenters. The fourth-order valence-corrected chi connectivity index (χ4v) is 4.48. The lowest BCUT2D eigenvalue weighted by atomic mass is 9.68. The third-order valence-electron chi connectivity index (χ3n) is 6.01. The summed E-state index contributed by atoms with van der Waals surface area (Å²) in [4.78, 5) is 18.1. The minimum atomic E-state index is -4.75. The highest BCUT2D eigenvalue weighted by molar-refractivity contribution is 6.10. The molecule has 7 heteroatoms. The Labute approximate surface area is 179 Å². The molecule has 2 aliphatic rings. The lowest BCUT2D eigenvalue weighted by Crippen LogP contribution is -2.42. The second-order valence-electron chi connectivity index (χ2n) is 9.26. The number of anilines is 1. The second kappa shape index (κ2) is 7.39. The SMILES string of the molecule is Cc1cc2c(cc1C)NC(c1ccc(OC(F)(F)F)cc1)C1C(=O)CC(C)(C)CC1=N2. The topological polar surface area (TPSA) is 50.7 Å². The number of hydrogen-bond donors (Lipinski definition) is 1. The van der Waals surface area contributed by atoms with Gasteiger partial charge in [0, 0.05) is 12.1 Å². The number of Topliss-reactive ketones (excluding diaryl/α,β-unsaturated/α-hetero) is 1. The number of aliphatic imine (C=N–C) groups is 1. The Balaban J connectivity index is 1.79. The van der Waals surface area contributed by atoms with Gasteiger partial charge in [0.25, 0.3) is 0 Å². The quantitative estimate of drug-likeness (QED) is 0.596. The van der Waals surface area contributed by atoms with E-state index in [4.69, 9.17) is 4.99 Å². The second-order valence-corrected chi connectivity index (χ2v) is 9.26. The van der Waals surface area contributed by atoms with E-state index in [0.717, 1.165) is 28.2 Å². The summed E-state index contributed by atoms with van der Waals surface area (Å²) in [6.07, 6.45) is -3.64. The van der Waals surface area contributed by atoms with Crippen molar-refractivity contribution in [2.75, 3.05) is 5.32 Å². The summed E-state index contributed by atoms with van der Waals surface area (Å²) in [5.41, 5.74) is 5.14. The van der Waals surface area contributed by atoms with Crippen molar-refractivity contribution in [3.8, 4) is 5.75 Å². The Hall–Kier alpha value is -2.83. The van der Waals surface area contributed by atoms with Crippen molar-refractivity contribution in [2.24, 2.45) is 16.3 Å². The van der Waals surface area contributed by atoms with Crippen molar-refractivity contribution >= 4 is 22.9 Å². The fraction of sp³-hybridized carbons (Fsp3) is 0.417. The molecule has 1 fully saturated rings. The van der Waals surface area contributed by atoms with Crippen LogP contribution in [0.1, 0.15) is 49.4 Å². The predicted octanol–water partition coefficient (Wildman–Crippen LogP) is 6.45. The molecular weight excluding hydrogens is 405 g/mol. The zero-order valence-electron chi connectivity index (χ0n) is 17.9. The summed E-state index contributed by atoms with van der Waals surface area (Å²) in [5.74, 6) is -0.679. The normalized spacial score (nSPS) is 22.5. The highest BCUT2D eigenvalue weighted by Gasteiger charge is 2.44. The molecule has 0 spiro atoms. The molecule has 164 valence electrons. The van der Waals surface area contributed by atoms with Gasteiger partial charge in [0.1, 0.15) is 11.5 Å². The van der Waals surface area contributed by atoms with Gasteiger partial charge in [-0.05, 0) is 66.6 Å². The zero-order chi connectivity index (χ0) is 22.6. The van der Waals surface area contributed by atoms with Gasteiger partial charge < -0.3 is 10.1 Å².